The minimum absolute atomic E-state index is 0.151. The molecule has 0 bridgehead atoms. The second-order valence-corrected chi connectivity index (χ2v) is 6.67. The third-order valence-electron chi connectivity index (χ3n) is 3.66. The van der Waals surface area contributed by atoms with E-state index in [2.05, 4.69) is 63.3 Å². The Morgan fingerprint density at radius 3 is 2.33 bits per heavy atom. The van der Waals surface area contributed by atoms with Gasteiger partial charge >= 0.3 is 0 Å². The van der Waals surface area contributed by atoms with Gasteiger partial charge < -0.3 is 4.74 Å². The standard InChI is InChI=1S/C16H18Br2N2O/c1-9-4-6-13(16(21-3)10(9)2)15(20-19)12-7-5-11(17)8-14(12)18/h4-8,15,20H,19H2,1-3H3. The number of rotatable bonds is 4. The second kappa shape index (κ2) is 6.92. The highest BCUT2D eigenvalue weighted by Crippen LogP contribution is 2.37. The molecule has 0 aromatic heterocycles. The van der Waals surface area contributed by atoms with Crippen molar-refractivity contribution in [2.45, 2.75) is 19.9 Å². The van der Waals surface area contributed by atoms with Crippen molar-refractivity contribution < 1.29 is 4.74 Å². The van der Waals surface area contributed by atoms with Crippen LogP contribution < -0.4 is 16.0 Å². The zero-order valence-electron chi connectivity index (χ0n) is 12.2. The van der Waals surface area contributed by atoms with E-state index in [9.17, 15) is 0 Å². The van der Waals surface area contributed by atoms with Gasteiger partial charge in [-0.1, -0.05) is 50.1 Å². The summed E-state index contributed by atoms with van der Waals surface area (Å²) < 4.78 is 7.61. The predicted molar refractivity (Wildman–Crippen MR) is 93.5 cm³/mol. The molecule has 0 spiro atoms. The third kappa shape index (κ3) is 3.31. The van der Waals surface area contributed by atoms with Gasteiger partial charge in [-0.25, -0.2) is 5.43 Å². The van der Waals surface area contributed by atoms with Crippen molar-refractivity contribution in [3.63, 3.8) is 0 Å². The fourth-order valence-electron chi connectivity index (χ4n) is 2.39. The molecule has 2 aromatic carbocycles. The molecule has 0 aliphatic carbocycles. The fraction of sp³-hybridized carbons (Fsp3) is 0.250. The van der Waals surface area contributed by atoms with Crippen molar-refractivity contribution in [2.24, 2.45) is 5.84 Å². The van der Waals surface area contributed by atoms with Crippen LogP contribution in [0.1, 0.15) is 28.3 Å². The van der Waals surface area contributed by atoms with E-state index < -0.39 is 0 Å². The first-order chi connectivity index (χ1) is 9.99. The number of nitrogens with one attached hydrogen (secondary N) is 1. The Bertz CT molecular complexity index is 659. The van der Waals surface area contributed by atoms with Gasteiger partial charge in [0.1, 0.15) is 5.75 Å². The van der Waals surface area contributed by atoms with Gasteiger partial charge in [0.25, 0.3) is 0 Å². The Hall–Kier alpha value is -0.880. The maximum Gasteiger partial charge on any atom is 0.127 e. The summed E-state index contributed by atoms with van der Waals surface area (Å²) in [5, 5.41) is 0. The smallest absolute Gasteiger partial charge is 0.127 e. The summed E-state index contributed by atoms with van der Waals surface area (Å²) in [6, 6.07) is 10.0. The Morgan fingerprint density at radius 2 is 1.76 bits per heavy atom. The van der Waals surface area contributed by atoms with E-state index >= 15 is 0 Å². The largest absolute Gasteiger partial charge is 0.496 e. The van der Waals surface area contributed by atoms with Crippen molar-refractivity contribution in [2.75, 3.05) is 7.11 Å². The molecule has 0 heterocycles. The molecule has 1 atom stereocenters. The lowest BCUT2D eigenvalue weighted by atomic mass is 9.94. The van der Waals surface area contributed by atoms with Gasteiger partial charge in [0.15, 0.2) is 0 Å². The number of aryl methyl sites for hydroxylation is 1. The molecule has 112 valence electrons. The average Bonchev–Trinajstić information content (AvgIpc) is 2.45. The zero-order chi connectivity index (χ0) is 15.6. The number of methoxy groups -OCH3 is 1. The number of hydrazine groups is 1. The molecule has 0 saturated heterocycles. The summed E-state index contributed by atoms with van der Waals surface area (Å²) in [6.07, 6.45) is 0. The lowest BCUT2D eigenvalue weighted by Gasteiger charge is -2.22. The Kier molecular flexibility index (Phi) is 5.43. The maximum atomic E-state index is 5.82. The molecule has 0 aliphatic rings. The van der Waals surface area contributed by atoms with Crippen molar-refractivity contribution in [3.8, 4) is 5.75 Å². The summed E-state index contributed by atoms with van der Waals surface area (Å²) >= 11 is 7.07. The molecule has 5 heteroatoms. The highest BCUT2D eigenvalue weighted by molar-refractivity contribution is 9.11. The molecule has 0 radical (unpaired) electrons. The number of hydrogen-bond donors (Lipinski definition) is 2. The first-order valence-corrected chi connectivity index (χ1v) is 8.13. The highest BCUT2D eigenvalue weighted by Gasteiger charge is 2.21. The van der Waals surface area contributed by atoms with Crippen LogP contribution >= 0.6 is 31.9 Å². The van der Waals surface area contributed by atoms with Crippen LogP contribution in [0.2, 0.25) is 0 Å². The molecule has 3 N–H and O–H groups in total. The SMILES string of the molecule is COc1c(C(NN)c2ccc(Br)cc2Br)ccc(C)c1C. The molecule has 0 saturated carbocycles. The Balaban J connectivity index is 2.59. The van der Waals surface area contributed by atoms with Crippen molar-refractivity contribution in [3.05, 3.63) is 61.5 Å². The van der Waals surface area contributed by atoms with Crippen molar-refractivity contribution in [1.82, 2.24) is 5.43 Å². The average molecular weight is 414 g/mol. The quantitative estimate of drug-likeness (QED) is 0.577. The van der Waals surface area contributed by atoms with E-state index in [4.69, 9.17) is 10.6 Å². The summed E-state index contributed by atoms with van der Waals surface area (Å²) in [7, 11) is 1.69. The lowest BCUT2D eigenvalue weighted by molar-refractivity contribution is 0.400. The lowest BCUT2D eigenvalue weighted by Crippen LogP contribution is -2.29. The van der Waals surface area contributed by atoms with Crippen LogP contribution in [0.15, 0.2) is 39.3 Å². The number of benzene rings is 2. The van der Waals surface area contributed by atoms with Gasteiger partial charge in [-0.15, -0.1) is 0 Å². The van der Waals surface area contributed by atoms with E-state index in [-0.39, 0.29) is 6.04 Å². The molecule has 0 aliphatic heterocycles. The van der Waals surface area contributed by atoms with Crippen molar-refractivity contribution >= 4 is 31.9 Å². The fourth-order valence-corrected chi connectivity index (χ4v) is 3.67. The first-order valence-electron chi connectivity index (χ1n) is 6.54. The summed E-state index contributed by atoms with van der Waals surface area (Å²) in [4.78, 5) is 0. The van der Waals surface area contributed by atoms with Gasteiger partial charge in [0, 0.05) is 14.5 Å². The van der Waals surface area contributed by atoms with Gasteiger partial charge in [0.2, 0.25) is 0 Å². The highest BCUT2D eigenvalue weighted by atomic mass is 79.9. The summed E-state index contributed by atoms with van der Waals surface area (Å²) in [5.74, 6) is 6.69. The summed E-state index contributed by atoms with van der Waals surface area (Å²) in [5.41, 5.74) is 7.29. The molecule has 0 amide bonds. The number of halogens is 2. The van der Waals surface area contributed by atoms with E-state index in [1.165, 1.54) is 5.56 Å². The van der Waals surface area contributed by atoms with E-state index in [1.807, 2.05) is 18.2 Å². The minimum Gasteiger partial charge on any atom is -0.496 e. The number of nitrogens with two attached hydrogens (primary N) is 1. The topological polar surface area (TPSA) is 47.3 Å². The molecule has 2 rings (SSSR count). The monoisotopic (exact) mass is 412 g/mol. The van der Waals surface area contributed by atoms with E-state index in [0.29, 0.717) is 0 Å². The number of ether oxygens (including phenoxy) is 1. The third-order valence-corrected chi connectivity index (χ3v) is 4.84. The minimum atomic E-state index is -0.151. The van der Waals surface area contributed by atoms with Crippen LogP contribution in [0.25, 0.3) is 0 Å². The van der Waals surface area contributed by atoms with Crippen LogP contribution in [-0.2, 0) is 0 Å². The number of hydrogen-bond acceptors (Lipinski definition) is 3. The van der Waals surface area contributed by atoms with Crippen molar-refractivity contribution in [1.29, 1.82) is 0 Å². The van der Waals surface area contributed by atoms with Gasteiger partial charge in [-0.05, 0) is 42.7 Å². The molecular formula is C16H18Br2N2O. The Labute approximate surface area is 142 Å². The van der Waals surface area contributed by atoms with Crippen LogP contribution in [0, 0.1) is 13.8 Å². The molecule has 3 nitrogen and oxygen atoms in total. The zero-order valence-corrected chi connectivity index (χ0v) is 15.4. The Morgan fingerprint density at radius 1 is 1.10 bits per heavy atom. The van der Waals surface area contributed by atoms with Crippen LogP contribution in [0.4, 0.5) is 0 Å². The first kappa shape index (κ1) is 16.5. The molecular weight excluding hydrogens is 396 g/mol. The van der Waals surface area contributed by atoms with Crippen LogP contribution in [-0.4, -0.2) is 7.11 Å². The molecule has 21 heavy (non-hydrogen) atoms. The van der Waals surface area contributed by atoms with Gasteiger partial charge in [0.05, 0.1) is 13.2 Å². The maximum absolute atomic E-state index is 5.82. The molecule has 1 unspecified atom stereocenters. The van der Waals surface area contributed by atoms with Gasteiger partial charge in [-0.2, -0.15) is 0 Å². The molecule has 2 aromatic rings. The normalized spacial score (nSPS) is 12.3. The molecule has 0 fully saturated rings. The summed E-state index contributed by atoms with van der Waals surface area (Å²) in [6.45, 7) is 4.13. The van der Waals surface area contributed by atoms with Crippen LogP contribution in [0.3, 0.4) is 0 Å². The van der Waals surface area contributed by atoms with Gasteiger partial charge in [-0.3, -0.25) is 5.84 Å². The second-order valence-electron chi connectivity index (χ2n) is 4.90. The van der Waals surface area contributed by atoms with E-state index in [0.717, 1.165) is 31.4 Å². The van der Waals surface area contributed by atoms with Crippen LogP contribution in [0.5, 0.6) is 5.75 Å². The predicted octanol–water partition coefficient (Wildman–Crippen LogP) is 4.39. The van der Waals surface area contributed by atoms with E-state index in [1.54, 1.807) is 7.11 Å².